The number of rotatable bonds is 6. The average Bonchev–Trinajstić information content (AvgIpc) is 2.29. The van der Waals surface area contributed by atoms with Crippen LogP contribution in [0.15, 0.2) is 0 Å². The van der Waals surface area contributed by atoms with Crippen LogP contribution in [-0.2, 0) is 4.74 Å². The van der Waals surface area contributed by atoms with Gasteiger partial charge in [0.2, 0.25) is 0 Å². The standard InChI is InChI=1S/C14H29NO2/c1-11-5-6-13(9-12(11)2)17-8-4-7-14(3,15)10-16/h11-13,16H,4-10,15H2,1-3H3. The van der Waals surface area contributed by atoms with E-state index in [1.54, 1.807) is 0 Å². The zero-order valence-electron chi connectivity index (χ0n) is 11.6. The van der Waals surface area contributed by atoms with E-state index in [2.05, 4.69) is 13.8 Å². The molecule has 1 fully saturated rings. The largest absolute Gasteiger partial charge is 0.394 e. The Morgan fingerprint density at radius 3 is 2.59 bits per heavy atom. The van der Waals surface area contributed by atoms with Gasteiger partial charge in [0.1, 0.15) is 0 Å². The predicted molar refractivity (Wildman–Crippen MR) is 70.8 cm³/mol. The minimum Gasteiger partial charge on any atom is -0.394 e. The number of nitrogens with two attached hydrogens (primary N) is 1. The maximum Gasteiger partial charge on any atom is 0.0608 e. The van der Waals surface area contributed by atoms with Gasteiger partial charge in [0.15, 0.2) is 0 Å². The molecular weight excluding hydrogens is 214 g/mol. The van der Waals surface area contributed by atoms with Crippen LogP contribution >= 0.6 is 0 Å². The van der Waals surface area contributed by atoms with Gasteiger partial charge >= 0.3 is 0 Å². The quantitative estimate of drug-likeness (QED) is 0.704. The summed E-state index contributed by atoms with van der Waals surface area (Å²) < 4.78 is 5.90. The second-order valence-corrected chi connectivity index (χ2v) is 6.18. The van der Waals surface area contributed by atoms with Crippen LogP contribution in [0, 0.1) is 11.8 Å². The first-order valence-corrected chi connectivity index (χ1v) is 6.96. The molecule has 0 heterocycles. The zero-order chi connectivity index (χ0) is 12.9. The lowest BCUT2D eigenvalue weighted by molar-refractivity contribution is -0.00106. The molecule has 0 bridgehead atoms. The number of hydrogen-bond donors (Lipinski definition) is 2. The summed E-state index contributed by atoms with van der Waals surface area (Å²) in [4.78, 5) is 0. The van der Waals surface area contributed by atoms with Crippen LogP contribution in [0.3, 0.4) is 0 Å². The van der Waals surface area contributed by atoms with E-state index in [4.69, 9.17) is 15.6 Å². The number of hydrogen-bond acceptors (Lipinski definition) is 3. The van der Waals surface area contributed by atoms with Gasteiger partial charge in [0, 0.05) is 12.1 Å². The van der Waals surface area contributed by atoms with E-state index in [1.807, 2.05) is 6.92 Å². The summed E-state index contributed by atoms with van der Waals surface area (Å²) in [7, 11) is 0. The van der Waals surface area contributed by atoms with E-state index in [0.717, 1.165) is 31.3 Å². The predicted octanol–water partition coefficient (Wildman–Crippen LogP) is 2.32. The monoisotopic (exact) mass is 243 g/mol. The lowest BCUT2D eigenvalue weighted by Gasteiger charge is -2.32. The Balaban J connectivity index is 2.11. The van der Waals surface area contributed by atoms with Gasteiger partial charge in [-0.1, -0.05) is 13.8 Å². The first kappa shape index (κ1) is 14.9. The molecule has 0 radical (unpaired) electrons. The zero-order valence-corrected chi connectivity index (χ0v) is 11.6. The first-order chi connectivity index (χ1) is 7.94. The first-order valence-electron chi connectivity index (χ1n) is 6.96. The van der Waals surface area contributed by atoms with Crippen LogP contribution in [0.2, 0.25) is 0 Å². The van der Waals surface area contributed by atoms with E-state index in [1.165, 1.54) is 19.3 Å². The Morgan fingerprint density at radius 2 is 2.00 bits per heavy atom. The van der Waals surface area contributed by atoms with Gasteiger partial charge < -0.3 is 15.6 Å². The summed E-state index contributed by atoms with van der Waals surface area (Å²) in [6.07, 6.45) is 5.89. The summed E-state index contributed by atoms with van der Waals surface area (Å²) in [5.41, 5.74) is 5.42. The van der Waals surface area contributed by atoms with Crippen LogP contribution < -0.4 is 5.73 Å². The van der Waals surface area contributed by atoms with Crippen molar-refractivity contribution in [2.75, 3.05) is 13.2 Å². The van der Waals surface area contributed by atoms with Gasteiger partial charge in [-0.15, -0.1) is 0 Å². The molecular formula is C14H29NO2. The lowest BCUT2D eigenvalue weighted by atomic mass is 9.80. The second kappa shape index (κ2) is 6.72. The highest BCUT2D eigenvalue weighted by atomic mass is 16.5. The Kier molecular flexibility index (Phi) is 5.90. The molecule has 4 unspecified atom stereocenters. The molecule has 1 aliphatic rings. The van der Waals surface area contributed by atoms with Crippen LogP contribution in [0.4, 0.5) is 0 Å². The number of aliphatic hydroxyl groups excluding tert-OH is 1. The van der Waals surface area contributed by atoms with Crippen molar-refractivity contribution in [3.05, 3.63) is 0 Å². The van der Waals surface area contributed by atoms with E-state index in [0.29, 0.717) is 6.10 Å². The van der Waals surface area contributed by atoms with Crippen molar-refractivity contribution in [1.82, 2.24) is 0 Å². The molecule has 1 saturated carbocycles. The van der Waals surface area contributed by atoms with Crippen LogP contribution in [0.1, 0.15) is 52.9 Å². The molecule has 0 aromatic heterocycles. The van der Waals surface area contributed by atoms with Crippen molar-refractivity contribution in [2.45, 2.75) is 64.5 Å². The smallest absolute Gasteiger partial charge is 0.0608 e. The van der Waals surface area contributed by atoms with Crippen molar-refractivity contribution in [3.63, 3.8) is 0 Å². The Labute approximate surface area is 106 Å². The van der Waals surface area contributed by atoms with Crippen LogP contribution in [-0.4, -0.2) is 30.0 Å². The summed E-state index contributed by atoms with van der Waals surface area (Å²) >= 11 is 0. The fourth-order valence-electron chi connectivity index (χ4n) is 2.45. The van der Waals surface area contributed by atoms with E-state index < -0.39 is 5.54 Å². The molecule has 0 amide bonds. The van der Waals surface area contributed by atoms with Gasteiger partial charge in [-0.25, -0.2) is 0 Å². The minimum atomic E-state index is -0.447. The van der Waals surface area contributed by atoms with Gasteiger partial charge in [-0.3, -0.25) is 0 Å². The maximum absolute atomic E-state index is 9.04. The molecule has 0 spiro atoms. The normalized spacial score (nSPS) is 33.4. The molecule has 0 saturated heterocycles. The highest BCUT2D eigenvalue weighted by Gasteiger charge is 2.25. The summed E-state index contributed by atoms with van der Waals surface area (Å²) in [6, 6.07) is 0. The molecule has 0 aliphatic heterocycles. The molecule has 3 nitrogen and oxygen atoms in total. The third kappa shape index (κ3) is 5.36. The second-order valence-electron chi connectivity index (χ2n) is 6.18. The molecule has 17 heavy (non-hydrogen) atoms. The van der Waals surface area contributed by atoms with Crippen molar-refractivity contribution in [2.24, 2.45) is 17.6 Å². The van der Waals surface area contributed by atoms with Crippen molar-refractivity contribution >= 4 is 0 Å². The Hall–Kier alpha value is -0.120. The number of aliphatic hydroxyl groups is 1. The molecule has 0 aromatic rings. The third-order valence-corrected chi connectivity index (χ3v) is 4.16. The number of ether oxygens (including phenoxy) is 1. The van der Waals surface area contributed by atoms with Gasteiger partial charge in [-0.2, -0.15) is 0 Å². The summed E-state index contributed by atoms with van der Waals surface area (Å²) in [5, 5.41) is 9.04. The maximum atomic E-state index is 9.04. The van der Waals surface area contributed by atoms with Crippen LogP contribution in [0.25, 0.3) is 0 Å². The van der Waals surface area contributed by atoms with E-state index in [-0.39, 0.29) is 6.61 Å². The molecule has 1 rings (SSSR count). The van der Waals surface area contributed by atoms with Crippen molar-refractivity contribution in [3.8, 4) is 0 Å². The molecule has 102 valence electrons. The lowest BCUT2D eigenvalue weighted by Crippen LogP contribution is -2.40. The summed E-state index contributed by atoms with van der Waals surface area (Å²) in [6.45, 7) is 7.37. The van der Waals surface area contributed by atoms with Gasteiger partial charge in [0.05, 0.1) is 12.7 Å². The van der Waals surface area contributed by atoms with Gasteiger partial charge in [-0.05, 0) is 50.9 Å². The fraction of sp³-hybridized carbons (Fsp3) is 1.00. The van der Waals surface area contributed by atoms with Crippen LogP contribution in [0.5, 0.6) is 0 Å². The molecule has 3 N–H and O–H groups in total. The van der Waals surface area contributed by atoms with Gasteiger partial charge in [0.25, 0.3) is 0 Å². The van der Waals surface area contributed by atoms with Crippen molar-refractivity contribution < 1.29 is 9.84 Å². The highest BCUT2D eigenvalue weighted by Crippen LogP contribution is 2.31. The Morgan fingerprint density at radius 1 is 1.29 bits per heavy atom. The fourth-order valence-corrected chi connectivity index (χ4v) is 2.45. The van der Waals surface area contributed by atoms with Crippen molar-refractivity contribution in [1.29, 1.82) is 0 Å². The molecule has 3 heteroatoms. The SMILES string of the molecule is CC1CCC(OCCCC(C)(N)CO)CC1C. The Bertz CT molecular complexity index is 218. The topological polar surface area (TPSA) is 55.5 Å². The molecule has 0 aromatic carbocycles. The minimum absolute atomic E-state index is 0.0466. The third-order valence-electron chi connectivity index (χ3n) is 4.16. The highest BCUT2D eigenvalue weighted by molar-refractivity contribution is 4.78. The summed E-state index contributed by atoms with van der Waals surface area (Å²) in [5.74, 6) is 1.63. The molecule has 4 atom stereocenters. The van der Waals surface area contributed by atoms with E-state index >= 15 is 0 Å². The average molecular weight is 243 g/mol. The van der Waals surface area contributed by atoms with E-state index in [9.17, 15) is 0 Å². The molecule has 1 aliphatic carbocycles.